The summed E-state index contributed by atoms with van der Waals surface area (Å²) >= 11 is 4.97. The molecule has 2 aliphatic carbocycles. The van der Waals surface area contributed by atoms with Crippen LogP contribution in [-0.2, 0) is 4.79 Å². The molecule has 1 amide bonds. The van der Waals surface area contributed by atoms with E-state index in [2.05, 4.69) is 12.2 Å². The fourth-order valence-electron chi connectivity index (χ4n) is 2.48. The summed E-state index contributed by atoms with van der Waals surface area (Å²) in [7, 11) is 0. The minimum absolute atomic E-state index is 0.0553. The van der Waals surface area contributed by atoms with E-state index in [1.165, 1.54) is 19.3 Å². The van der Waals surface area contributed by atoms with Gasteiger partial charge >= 0.3 is 0 Å². The highest BCUT2D eigenvalue weighted by molar-refractivity contribution is 7.80. The number of rotatable bonds is 5. The molecule has 0 heterocycles. The van der Waals surface area contributed by atoms with Crippen LogP contribution in [0.1, 0.15) is 45.4 Å². The van der Waals surface area contributed by atoms with Gasteiger partial charge in [-0.15, -0.1) is 0 Å². The summed E-state index contributed by atoms with van der Waals surface area (Å²) in [5.74, 6) is 0.0553. The van der Waals surface area contributed by atoms with Gasteiger partial charge in [0.2, 0.25) is 5.91 Å². The molecule has 0 unspecified atom stereocenters. The van der Waals surface area contributed by atoms with E-state index in [1.54, 1.807) is 0 Å². The summed E-state index contributed by atoms with van der Waals surface area (Å²) in [5.41, 5.74) is 5.49. The average molecular weight is 240 g/mol. The minimum Gasteiger partial charge on any atom is -0.392 e. The Labute approximate surface area is 102 Å². The Morgan fingerprint density at radius 2 is 2.00 bits per heavy atom. The molecule has 0 aliphatic heterocycles. The van der Waals surface area contributed by atoms with Gasteiger partial charge in [-0.1, -0.05) is 25.6 Å². The first-order valence-corrected chi connectivity index (χ1v) is 6.54. The SMILES string of the molecule is CCC1(CNC(=O)C2(C(N)=S)CC2)CCC1. The molecule has 0 bridgehead atoms. The topological polar surface area (TPSA) is 55.1 Å². The van der Waals surface area contributed by atoms with E-state index in [-0.39, 0.29) is 5.91 Å². The average Bonchev–Trinajstić information content (AvgIpc) is 2.97. The van der Waals surface area contributed by atoms with E-state index in [1.807, 2.05) is 0 Å². The molecule has 16 heavy (non-hydrogen) atoms. The lowest BCUT2D eigenvalue weighted by Crippen LogP contribution is -2.46. The second-order valence-electron chi connectivity index (χ2n) is 5.34. The van der Waals surface area contributed by atoms with E-state index in [9.17, 15) is 4.79 Å². The van der Waals surface area contributed by atoms with Gasteiger partial charge in [0.05, 0.1) is 10.4 Å². The van der Waals surface area contributed by atoms with Gasteiger partial charge in [0, 0.05) is 6.54 Å². The second kappa shape index (κ2) is 3.99. The van der Waals surface area contributed by atoms with Crippen LogP contribution in [-0.4, -0.2) is 17.4 Å². The van der Waals surface area contributed by atoms with Crippen LogP contribution in [0.15, 0.2) is 0 Å². The standard InChI is InChI=1S/C12H20N2OS/c1-2-11(4-3-5-11)8-14-10(15)12(6-7-12)9(13)16/h2-8H2,1H3,(H2,13,16)(H,14,15). The molecule has 0 atom stereocenters. The Hall–Kier alpha value is -0.640. The second-order valence-corrected chi connectivity index (χ2v) is 5.78. The number of carbonyl (C=O) groups excluding carboxylic acids is 1. The van der Waals surface area contributed by atoms with Crippen LogP contribution in [0.4, 0.5) is 0 Å². The molecule has 0 radical (unpaired) electrons. The molecule has 2 fully saturated rings. The Kier molecular flexibility index (Phi) is 2.95. The van der Waals surface area contributed by atoms with Crippen molar-refractivity contribution in [3.8, 4) is 0 Å². The van der Waals surface area contributed by atoms with Gasteiger partial charge in [-0.2, -0.15) is 0 Å². The molecule has 4 heteroatoms. The summed E-state index contributed by atoms with van der Waals surface area (Å²) in [6.07, 6.45) is 6.58. The fraction of sp³-hybridized carbons (Fsp3) is 0.833. The monoisotopic (exact) mass is 240 g/mol. The predicted octanol–water partition coefficient (Wildman–Crippen LogP) is 1.75. The maximum atomic E-state index is 12.0. The summed E-state index contributed by atoms with van der Waals surface area (Å²) in [6, 6.07) is 0. The first kappa shape index (κ1) is 11.8. The smallest absolute Gasteiger partial charge is 0.233 e. The van der Waals surface area contributed by atoms with Crippen molar-refractivity contribution in [3.05, 3.63) is 0 Å². The maximum absolute atomic E-state index is 12.0. The fourth-order valence-corrected chi connectivity index (χ4v) is 2.78. The van der Waals surface area contributed by atoms with Crippen LogP contribution in [0.2, 0.25) is 0 Å². The molecule has 0 aromatic rings. The van der Waals surface area contributed by atoms with Crippen molar-refractivity contribution in [1.29, 1.82) is 0 Å². The Balaban J connectivity index is 1.87. The number of amides is 1. The third kappa shape index (κ3) is 1.83. The lowest BCUT2D eigenvalue weighted by molar-refractivity contribution is -0.124. The summed E-state index contributed by atoms with van der Waals surface area (Å²) in [6.45, 7) is 3.00. The highest BCUT2D eigenvalue weighted by Crippen LogP contribution is 2.47. The number of hydrogen-bond donors (Lipinski definition) is 2. The van der Waals surface area contributed by atoms with Crippen LogP contribution in [0, 0.1) is 10.8 Å². The minimum atomic E-state index is -0.492. The number of hydrogen-bond acceptors (Lipinski definition) is 2. The molecule has 0 spiro atoms. The third-order valence-corrected chi connectivity index (χ3v) is 4.84. The van der Waals surface area contributed by atoms with Gasteiger partial charge in [-0.25, -0.2) is 0 Å². The van der Waals surface area contributed by atoms with Crippen molar-refractivity contribution in [2.45, 2.75) is 45.4 Å². The quantitative estimate of drug-likeness (QED) is 0.720. The highest BCUT2D eigenvalue weighted by atomic mass is 32.1. The maximum Gasteiger partial charge on any atom is 0.233 e. The number of nitrogens with two attached hydrogens (primary N) is 1. The number of carbonyl (C=O) groups is 1. The van der Waals surface area contributed by atoms with E-state index in [0.717, 1.165) is 25.8 Å². The van der Waals surface area contributed by atoms with Crippen LogP contribution in [0.25, 0.3) is 0 Å². The predicted molar refractivity (Wildman–Crippen MR) is 68.0 cm³/mol. The van der Waals surface area contributed by atoms with Gasteiger partial charge < -0.3 is 11.1 Å². The molecule has 3 N–H and O–H groups in total. The van der Waals surface area contributed by atoms with Crippen molar-refractivity contribution in [3.63, 3.8) is 0 Å². The molecule has 0 aromatic heterocycles. The number of thiocarbonyl (C=S) groups is 1. The van der Waals surface area contributed by atoms with E-state index in [4.69, 9.17) is 18.0 Å². The van der Waals surface area contributed by atoms with Crippen LogP contribution in [0.5, 0.6) is 0 Å². The van der Waals surface area contributed by atoms with Crippen molar-refractivity contribution < 1.29 is 4.79 Å². The van der Waals surface area contributed by atoms with Crippen LogP contribution >= 0.6 is 12.2 Å². The summed E-state index contributed by atoms with van der Waals surface area (Å²) in [4.78, 5) is 12.4. The molecule has 0 aromatic carbocycles. The highest BCUT2D eigenvalue weighted by Gasteiger charge is 2.53. The van der Waals surface area contributed by atoms with Gasteiger partial charge in [0.15, 0.2) is 0 Å². The zero-order chi connectivity index (χ0) is 11.8. The largest absolute Gasteiger partial charge is 0.392 e. The molecular weight excluding hydrogens is 220 g/mol. The normalized spacial score (nSPS) is 24.3. The third-order valence-electron chi connectivity index (χ3n) is 4.44. The van der Waals surface area contributed by atoms with Crippen molar-refractivity contribution in [2.24, 2.45) is 16.6 Å². The van der Waals surface area contributed by atoms with Gasteiger partial charge in [0.25, 0.3) is 0 Å². The van der Waals surface area contributed by atoms with Crippen molar-refractivity contribution in [1.82, 2.24) is 5.32 Å². The van der Waals surface area contributed by atoms with E-state index in [0.29, 0.717) is 10.4 Å². The van der Waals surface area contributed by atoms with Crippen LogP contribution in [0.3, 0.4) is 0 Å². The van der Waals surface area contributed by atoms with Crippen LogP contribution < -0.4 is 11.1 Å². The van der Waals surface area contributed by atoms with Gasteiger partial charge in [0.1, 0.15) is 0 Å². The zero-order valence-electron chi connectivity index (χ0n) is 9.84. The molecule has 2 rings (SSSR count). The molecule has 3 nitrogen and oxygen atoms in total. The molecular formula is C12H20N2OS. The zero-order valence-corrected chi connectivity index (χ0v) is 10.7. The summed E-state index contributed by atoms with van der Waals surface area (Å²) in [5, 5.41) is 3.05. The lowest BCUT2D eigenvalue weighted by atomic mass is 9.67. The first-order chi connectivity index (χ1) is 7.55. The van der Waals surface area contributed by atoms with Gasteiger partial charge in [-0.3, -0.25) is 4.79 Å². The Bertz CT molecular complexity index is 313. The first-order valence-electron chi connectivity index (χ1n) is 6.13. The van der Waals surface area contributed by atoms with Crippen molar-refractivity contribution in [2.75, 3.05) is 6.54 Å². The van der Waals surface area contributed by atoms with E-state index < -0.39 is 5.41 Å². The lowest BCUT2D eigenvalue weighted by Gasteiger charge is -2.41. The molecule has 90 valence electrons. The molecule has 0 saturated heterocycles. The molecule has 2 saturated carbocycles. The summed E-state index contributed by atoms with van der Waals surface area (Å²) < 4.78 is 0. The Morgan fingerprint density at radius 1 is 1.38 bits per heavy atom. The molecule has 2 aliphatic rings. The Morgan fingerprint density at radius 3 is 2.31 bits per heavy atom. The number of nitrogens with one attached hydrogen (secondary N) is 1. The van der Waals surface area contributed by atoms with Gasteiger partial charge in [-0.05, 0) is 37.5 Å². The van der Waals surface area contributed by atoms with E-state index >= 15 is 0 Å². The van der Waals surface area contributed by atoms with Crippen molar-refractivity contribution >= 4 is 23.1 Å².